The molecule has 0 aromatic rings. The summed E-state index contributed by atoms with van der Waals surface area (Å²) < 4.78 is 17.8. The summed E-state index contributed by atoms with van der Waals surface area (Å²) in [5.41, 5.74) is 0. The van der Waals surface area contributed by atoms with E-state index in [1.807, 2.05) is 0 Å². The molecule has 1 fully saturated rings. The number of carbonyl (C=O) groups is 1. The fraction of sp³-hybridized carbons (Fsp3) is 0.800. The van der Waals surface area contributed by atoms with E-state index < -0.39 is 6.72 Å². The lowest BCUT2D eigenvalue weighted by molar-refractivity contribution is -0.122. The van der Waals surface area contributed by atoms with E-state index in [1.165, 1.54) is 11.7 Å². The Hall–Kier alpha value is 0.0100. The molecule has 0 aromatic heterocycles. The summed E-state index contributed by atoms with van der Waals surface area (Å²) in [5, 5.41) is 0. The highest BCUT2D eigenvalue weighted by atomic mass is 32.7. The van der Waals surface area contributed by atoms with E-state index in [-0.39, 0.29) is 11.7 Å². The van der Waals surface area contributed by atoms with Gasteiger partial charge in [-0.15, -0.1) is 0 Å². The van der Waals surface area contributed by atoms with Crippen molar-refractivity contribution >= 4 is 24.0 Å². The van der Waals surface area contributed by atoms with Crippen LogP contribution in [-0.4, -0.2) is 30.0 Å². The lowest BCUT2D eigenvalue weighted by atomic mass is 10.7. The standard InChI is InChI=1S/C5H10NO3PS/c1-3-9-10(8)6(2)5(7)4-11-10/h3-4H2,1-2H3. The highest BCUT2D eigenvalue weighted by Gasteiger charge is 2.40. The third-order valence-electron chi connectivity index (χ3n) is 1.37. The van der Waals surface area contributed by atoms with Crippen LogP contribution in [0.2, 0.25) is 0 Å². The fourth-order valence-corrected chi connectivity index (χ4v) is 4.55. The number of hydrogen-bond donors (Lipinski definition) is 0. The van der Waals surface area contributed by atoms with Gasteiger partial charge < -0.3 is 4.52 Å². The summed E-state index contributed by atoms with van der Waals surface area (Å²) in [6, 6.07) is 0. The van der Waals surface area contributed by atoms with Gasteiger partial charge in [0.15, 0.2) is 0 Å². The molecule has 0 bridgehead atoms. The maximum absolute atomic E-state index is 11.6. The largest absolute Gasteiger partial charge is 0.356 e. The van der Waals surface area contributed by atoms with Crippen LogP contribution in [0.1, 0.15) is 6.92 Å². The first-order valence-electron chi connectivity index (χ1n) is 3.26. The van der Waals surface area contributed by atoms with Crippen LogP contribution in [0, 0.1) is 0 Å². The Morgan fingerprint density at radius 2 is 2.45 bits per heavy atom. The zero-order valence-electron chi connectivity index (χ0n) is 6.44. The highest BCUT2D eigenvalue weighted by Crippen LogP contribution is 2.65. The minimum atomic E-state index is -2.82. The predicted molar refractivity (Wildman–Crippen MR) is 44.5 cm³/mol. The maximum atomic E-state index is 11.6. The summed E-state index contributed by atoms with van der Waals surface area (Å²) in [6.45, 7) is -0.679. The van der Waals surface area contributed by atoms with E-state index in [1.54, 1.807) is 6.92 Å². The van der Waals surface area contributed by atoms with Crippen LogP contribution in [0.25, 0.3) is 0 Å². The van der Waals surface area contributed by atoms with Crippen LogP contribution in [-0.2, 0) is 13.9 Å². The van der Waals surface area contributed by atoms with Crippen LogP contribution in [0.5, 0.6) is 0 Å². The summed E-state index contributed by atoms with van der Waals surface area (Å²) in [6.07, 6.45) is 0. The van der Waals surface area contributed by atoms with Crippen molar-refractivity contribution in [2.24, 2.45) is 0 Å². The Kier molecular flexibility index (Phi) is 2.62. The quantitative estimate of drug-likeness (QED) is 0.624. The van der Waals surface area contributed by atoms with Gasteiger partial charge in [-0.3, -0.25) is 14.0 Å². The molecule has 1 heterocycles. The van der Waals surface area contributed by atoms with Gasteiger partial charge in [0.05, 0.1) is 12.4 Å². The normalized spacial score (nSPS) is 31.5. The van der Waals surface area contributed by atoms with Crippen LogP contribution in [0.3, 0.4) is 0 Å². The monoisotopic (exact) mass is 195 g/mol. The molecule has 64 valence electrons. The molecule has 0 N–H and O–H groups in total. The Balaban J connectivity index is 2.73. The number of carbonyl (C=O) groups excluding carboxylic acids is 1. The van der Waals surface area contributed by atoms with Gasteiger partial charge in [0.2, 0.25) is 5.91 Å². The smallest absolute Gasteiger partial charge is 0.306 e. The van der Waals surface area contributed by atoms with Crippen LogP contribution >= 0.6 is 18.1 Å². The van der Waals surface area contributed by atoms with E-state index in [4.69, 9.17) is 4.52 Å². The van der Waals surface area contributed by atoms with Gasteiger partial charge in [0, 0.05) is 7.05 Å². The molecular formula is C5H10NO3PS. The van der Waals surface area contributed by atoms with Crippen LogP contribution in [0.4, 0.5) is 0 Å². The molecule has 0 radical (unpaired) electrons. The first-order valence-corrected chi connectivity index (χ1v) is 6.43. The second-order valence-electron chi connectivity index (χ2n) is 2.08. The molecule has 1 amide bonds. The van der Waals surface area contributed by atoms with Gasteiger partial charge in [-0.25, -0.2) is 0 Å². The van der Waals surface area contributed by atoms with Gasteiger partial charge in [-0.05, 0) is 18.3 Å². The molecule has 1 unspecified atom stereocenters. The molecule has 1 rings (SSSR count). The van der Waals surface area contributed by atoms with E-state index in [2.05, 4.69) is 0 Å². The average molecular weight is 195 g/mol. The van der Waals surface area contributed by atoms with Crippen molar-refractivity contribution in [3.8, 4) is 0 Å². The molecule has 4 nitrogen and oxygen atoms in total. The van der Waals surface area contributed by atoms with Crippen molar-refractivity contribution in [2.75, 3.05) is 19.4 Å². The summed E-state index contributed by atoms with van der Waals surface area (Å²) in [7, 11) is 1.51. The number of amides is 1. The van der Waals surface area contributed by atoms with Crippen molar-refractivity contribution < 1.29 is 13.9 Å². The van der Waals surface area contributed by atoms with Crippen molar-refractivity contribution in [3.63, 3.8) is 0 Å². The third kappa shape index (κ3) is 1.60. The Morgan fingerprint density at radius 1 is 1.82 bits per heavy atom. The molecule has 11 heavy (non-hydrogen) atoms. The minimum absolute atomic E-state index is 0.119. The SMILES string of the molecule is CCOP1(=O)SCC(=O)N1C. The number of nitrogens with zero attached hydrogens (tertiary/aromatic N) is 1. The summed E-state index contributed by atoms with van der Waals surface area (Å²) in [4.78, 5) is 10.9. The molecule has 0 spiro atoms. The lowest BCUT2D eigenvalue weighted by Crippen LogP contribution is -2.17. The highest BCUT2D eigenvalue weighted by molar-refractivity contribution is 8.57. The molecule has 1 saturated heterocycles. The zero-order valence-corrected chi connectivity index (χ0v) is 8.15. The lowest BCUT2D eigenvalue weighted by Gasteiger charge is -2.17. The topological polar surface area (TPSA) is 46.6 Å². The van der Waals surface area contributed by atoms with Gasteiger partial charge in [-0.2, -0.15) is 0 Å². The van der Waals surface area contributed by atoms with Gasteiger partial charge in [-0.1, -0.05) is 0 Å². The molecule has 0 aliphatic carbocycles. The molecule has 1 aliphatic heterocycles. The molecule has 6 heteroatoms. The fourth-order valence-electron chi connectivity index (χ4n) is 0.740. The first-order chi connectivity index (χ1) is 5.10. The zero-order chi connectivity index (χ0) is 8.48. The maximum Gasteiger partial charge on any atom is 0.356 e. The summed E-state index contributed by atoms with van der Waals surface area (Å²) >= 11 is 1.10. The van der Waals surface area contributed by atoms with E-state index in [0.717, 1.165) is 11.4 Å². The predicted octanol–water partition coefficient (Wildman–Crippen LogP) is 1.34. The molecule has 0 aromatic carbocycles. The molecule has 0 saturated carbocycles. The third-order valence-corrected chi connectivity index (χ3v) is 6.03. The van der Waals surface area contributed by atoms with Crippen LogP contribution in [0.15, 0.2) is 0 Å². The Labute approximate surface area is 69.5 Å². The average Bonchev–Trinajstić information content (AvgIpc) is 2.19. The van der Waals surface area contributed by atoms with Gasteiger partial charge >= 0.3 is 6.72 Å². The minimum Gasteiger partial charge on any atom is -0.306 e. The van der Waals surface area contributed by atoms with Crippen LogP contribution < -0.4 is 0 Å². The van der Waals surface area contributed by atoms with Gasteiger partial charge in [0.1, 0.15) is 0 Å². The van der Waals surface area contributed by atoms with Crippen molar-refractivity contribution in [1.29, 1.82) is 0 Å². The molecule has 1 atom stereocenters. The Morgan fingerprint density at radius 3 is 2.82 bits per heavy atom. The van der Waals surface area contributed by atoms with E-state index >= 15 is 0 Å². The van der Waals surface area contributed by atoms with Crippen molar-refractivity contribution in [1.82, 2.24) is 4.67 Å². The first kappa shape index (κ1) is 9.10. The van der Waals surface area contributed by atoms with E-state index in [0.29, 0.717) is 6.61 Å². The number of rotatable bonds is 2. The second-order valence-corrected chi connectivity index (χ2v) is 6.58. The van der Waals surface area contributed by atoms with Gasteiger partial charge in [0.25, 0.3) is 0 Å². The van der Waals surface area contributed by atoms with E-state index in [9.17, 15) is 9.36 Å². The second kappa shape index (κ2) is 3.17. The molecular weight excluding hydrogens is 185 g/mol. The number of hydrogen-bond acceptors (Lipinski definition) is 4. The molecule has 1 aliphatic rings. The van der Waals surface area contributed by atoms with Crippen molar-refractivity contribution in [2.45, 2.75) is 6.92 Å². The Bertz CT molecular complexity index is 220. The summed E-state index contributed by atoms with van der Waals surface area (Å²) in [5.74, 6) is 0.153. The van der Waals surface area contributed by atoms with Crippen molar-refractivity contribution in [3.05, 3.63) is 0 Å².